The highest BCUT2D eigenvalue weighted by Crippen LogP contribution is 2.11. The molecule has 1 atom stereocenters. The Bertz CT molecular complexity index is 676. The van der Waals surface area contributed by atoms with Crippen molar-refractivity contribution in [2.75, 3.05) is 0 Å². The van der Waals surface area contributed by atoms with Gasteiger partial charge in [-0.2, -0.15) is 0 Å². The van der Waals surface area contributed by atoms with E-state index in [9.17, 15) is 9.59 Å². The van der Waals surface area contributed by atoms with Gasteiger partial charge in [0.1, 0.15) is 0 Å². The second kappa shape index (κ2) is 7.21. The first-order valence-electron chi connectivity index (χ1n) is 6.86. The van der Waals surface area contributed by atoms with Gasteiger partial charge in [-0.15, -0.1) is 0 Å². The van der Waals surface area contributed by atoms with Gasteiger partial charge in [-0.05, 0) is 5.92 Å². The molecule has 2 nitrogen and oxygen atoms in total. The second-order valence-electron chi connectivity index (χ2n) is 4.83. The summed E-state index contributed by atoms with van der Waals surface area (Å²) in [5, 5.41) is 0. The second-order valence-corrected chi connectivity index (χ2v) is 4.83. The fourth-order valence-electron chi connectivity index (χ4n) is 1.93. The maximum Gasteiger partial charge on any atom is 0.235 e. The molecular formula is C19H16O2. The number of Topliss-reactive ketones (excluding diaryl/α,β-unsaturated/α-hetero) is 2. The molecule has 0 aliphatic rings. The summed E-state index contributed by atoms with van der Waals surface area (Å²) in [4.78, 5) is 23.9. The Hall–Kier alpha value is -2.66. The molecule has 21 heavy (non-hydrogen) atoms. The number of hydrogen-bond donors (Lipinski definition) is 0. The Morgan fingerprint density at radius 2 is 1.43 bits per heavy atom. The molecule has 0 aromatic heterocycles. The van der Waals surface area contributed by atoms with Gasteiger partial charge in [0.15, 0.2) is 5.78 Å². The summed E-state index contributed by atoms with van der Waals surface area (Å²) in [6, 6.07) is 18.1. The van der Waals surface area contributed by atoms with E-state index in [1.165, 1.54) is 0 Å². The molecule has 0 fully saturated rings. The lowest BCUT2D eigenvalue weighted by atomic mass is 9.96. The number of carbonyl (C=O) groups excluding carboxylic acids is 2. The van der Waals surface area contributed by atoms with Crippen LogP contribution in [0, 0.1) is 17.8 Å². The van der Waals surface area contributed by atoms with Crippen LogP contribution in [0.15, 0.2) is 60.7 Å². The van der Waals surface area contributed by atoms with E-state index in [1.807, 2.05) is 31.2 Å². The van der Waals surface area contributed by atoms with Gasteiger partial charge in [-0.1, -0.05) is 73.5 Å². The van der Waals surface area contributed by atoms with Gasteiger partial charge >= 0.3 is 0 Å². The number of rotatable bonds is 4. The predicted molar refractivity (Wildman–Crippen MR) is 83.1 cm³/mol. The van der Waals surface area contributed by atoms with Crippen LogP contribution in [-0.2, 0) is 0 Å². The van der Waals surface area contributed by atoms with Crippen molar-refractivity contribution >= 4 is 11.6 Å². The molecule has 0 bridgehead atoms. The van der Waals surface area contributed by atoms with Gasteiger partial charge in [0.05, 0.1) is 0 Å². The van der Waals surface area contributed by atoms with Crippen molar-refractivity contribution in [3.05, 3.63) is 71.8 Å². The van der Waals surface area contributed by atoms with Gasteiger partial charge in [0.2, 0.25) is 5.78 Å². The van der Waals surface area contributed by atoms with E-state index in [-0.39, 0.29) is 17.5 Å². The van der Waals surface area contributed by atoms with Crippen LogP contribution < -0.4 is 0 Å². The summed E-state index contributed by atoms with van der Waals surface area (Å²) in [6.45, 7) is 1.83. The van der Waals surface area contributed by atoms with Crippen LogP contribution in [0.2, 0.25) is 0 Å². The first-order chi connectivity index (χ1) is 10.2. The van der Waals surface area contributed by atoms with E-state index >= 15 is 0 Å². The minimum Gasteiger partial charge on any atom is -0.294 e. The van der Waals surface area contributed by atoms with E-state index in [2.05, 4.69) is 11.8 Å². The zero-order valence-electron chi connectivity index (χ0n) is 11.9. The molecule has 1 unspecified atom stereocenters. The molecule has 104 valence electrons. The fourth-order valence-corrected chi connectivity index (χ4v) is 1.93. The minimum atomic E-state index is -0.219. The Morgan fingerprint density at radius 1 is 0.905 bits per heavy atom. The lowest BCUT2D eigenvalue weighted by Gasteiger charge is -2.06. The van der Waals surface area contributed by atoms with E-state index in [4.69, 9.17) is 0 Å². The van der Waals surface area contributed by atoms with Crippen molar-refractivity contribution in [3.8, 4) is 11.8 Å². The first-order valence-corrected chi connectivity index (χ1v) is 6.86. The summed E-state index contributed by atoms with van der Waals surface area (Å²) in [6.07, 6.45) is 0.381. The average molecular weight is 276 g/mol. The van der Waals surface area contributed by atoms with Gasteiger partial charge in [0.25, 0.3) is 0 Å². The molecule has 0 saturated heterocycles. The number of carbonyl (C=O) groups is 2. The van der Waals surface area contributed by atoms with Gasteiger partial charge in [-0.3, -0.25) is 9.59 Å². The largest absolute Gasteiger partial charge is 0.294 e. The molecule has 0 aliphatic carbocycles. The van der Waals surface area contributed by atoms with Crippen LogP contribution in [0.3, 0.4) is 0 Å². The maximum absolute atomic E-state index is 12.1. The smallest absolute Gasteiger partial charge is 0.235 e. The highest BCUT2D eigenvalue weighted by molar-refractivity contribution is 6.09. The van der Waals surface area contributed by atoms with Crippen molar-refractivity contribution in [2.24, 2.45) is 5.92 Å². The fraction of sp³-hybridized carbons (Fsp3) is 0.158. The highest BCUT2D eigenvalue weighted by atomic mass is 16.1. The molecule has 0 radical (unpaired) electrons. The number of benzene rings is 2. The molecular weight excluding hydrogens is 260 g/mol. The standard InChI is InChI=1S/C19H16O2/c1-15(19(21)17-12-6-3-7-13-17)9-8-14-18(20)16-10-4-2-5-11-16/h2-7,10-13,15H,9H2,1H3. The quantitative estimate of drug-likeness (QED) is 0.484. The molecule has 0 N–H and O–H groups in total. The Kier molecular flexibility index (Phi) is 5.06. The SMILES string of the molecule is CC(CC#CC(=O)c1ccccc1)C(=O)c1ccccc1. The van der Waals surface area contributed by atoms with E-state index < -0.39 is 0 Å². The summed E-state index contributed by atoms with van der Waals surface area (Å²) in [7, 11) is 0. The van der Waals surface area contributed by atoms with Crippen molar-refractivity contribution in [1.29, 1.82) is 0 Å². The third kappa shape index (κ3) is 4.15. The lowest BCUT2D eigenvalue weighted by molar-refractivity contribution is 0.0931. The molecule has 0 spiro atoms. The van der Waals surface area contributed by atoms with Crippen molar-refractivity contribution in [1.82, 2.24) is 0 Å². The van der Waals surface area contributed by atoms with Crippen molar-refractivity contribution in [3.63, 3.8) is 0 Å². The Morgan fingerprint density at radius 3 is 2.00 bits per heavy atom. The molecule has 2 heteroatoms. The predicted octanol–water partition coefficient (Wildman–Crippen LogP) is 3.78. The summed E-state index contributed by atoms with van der Waals surface area (Å²) < 4.78 is 0. The molecule has 2 rings (SSSR count). The lowest BCUT2D eigenvalue weighted by Crippen LogP contribution is -2.10. The van der Waals surface area contributed by atoms with Crippen LogP contribution in [0.4, 0.5) is 0 Å². The third-order valence-corrected chi connectivity index (χ3v) is 3.15. The van der Waals surface area contributed by atoms with Crippen LogP contribution in [0.1, 0.15) is 34.1 Å². The molecule has 0 amide bonds. The van der Waals surface area contributed by atoms with Crippen LogP contribution >= 0.6 is 0 Å². The maximum atomic E-state index is 12.1. The summed E-state index contributed by atoms with van der Waals surface area (Å²) in [5.74, 6) is 5.03. The number of hydrogen-bond acceptors (Lipinski definition) is 2. The van der Waals surface area contributed by atoms with Crippen LogP contribution in [-0.4, -0.2) is 11.6 Å². The molecule has 0 aliphatic heterocycles. The molecule has 0 saturated carbocycles. The van der Waals surface area contributed by atoms with Gasteiger partial charge in [0, 0.05) is 23.5 Å². The Labute approximate surface area is 124 Å². The van der Waals surface area contributed by atoms with E-state index in [0.29, 0.717) is 17.5 Å². The van der Waals surface area contributed by atoms with Crippen molar-refractivity contribution < 1.29 is 9.59 Å². The zero-order valence-corrected chi connectivity index (χ0v) is 11.9. The zero-order chi connectivity index (χ0) is 15.1. The minimum absolute atomic E-state index is 0.0528. The number of ketones is 2. The molecule has 2 aromatic rings. The van der Waals surface area contributed by atoms with Crippen LogP contribution in [0.25, 0.3) is 0 Å². The topological polar surface area (TPSA) is 34.1 Å². The van der Waals surface area contributed by atoms with Crippen molar-refractivity contribution in [2.45, 2.75) is 13.3 Å². The first kappa shape index (κ1) is 14.7. The average Bonchev–Trinajstić information content (AvgIpc) is 2.55. The molecule has 0 heterocycles. The highest BCUT2D eigenvalue weighted by Gasteiger charge is 2.13. The van der Waals surface area contributed by atoms with Gasteiger partial charge in [-0.25, -0.2) is 0 Å². The van der Waals surface area contributed by atoms with Crippen LogP contribution in [0.5, 0.6) is 0 Å². The normalized spacial score (nSPS) is 11.1. The monoisotopic (exact) mass is 276 g/mol. The molecule has 2 aromatic carbocycles. The van der Waals surface area contributed by atoms with E-state index in [0.717, 1.165) is 0 Å². The van der Waals surface area contributed by atoms with Gasteiger partial charge < -0.3 is 0 Å². The third-order valence-electron chi connectivity index (χ3n) is 3.15. The van der Waals surface area contributed by atoms with E-state index in [1.54, 1.807) is 36.4 Å². The summed E-state index contributed by atoms with van der Waals surface area (Å²) in [5.41, 5.74) is 1.26. The Balaban J connectivity index is 1.96. The summed E-state index contributed by atoms with van der Waals surface area (Å²) >= 11 is 0.